The Morgan fingerprint density at radius 3 is 2.71 bits per heavy atom. The van der Waals surface area contributed by atoms with Crippen LogP contribution in [0.1, 0.15) is 28.1 Å². The van der Waals surface area contributed by atoms with Crippen molar-refractivity contribution in [1.82, 2.24) is 5.32 Å². The zero-order valence-electron chi connectivity index (χ0n) is 12.1. The lowest BCUT2D eigenvalue weighted by molar-refractivity contribution is -0.120. The molecule has 0 radical (unpaired) electrons. The van der Waals surface area contributed by atoms with Gasteiger partial charge in [-0.3, -0.25) is 9.59 Å². The zero-order chi connectivity index (χ0) is 15.2. The fourth-order valence-corrected chi connectivity index (χ4v) is 1.98. The Bertz CT molecular complexity index is 646. The van der Waals surface area contributed by atoms with E-state index in [2.05, 4.69) is 10.6 Å². The fraction of sp³-hybridized carbons (Fsp3) is 0.250. The summed E-state index contributed by atoms with van der Waals surface area (Å²) < 4.78 is 5.16. The predicted molar refractivity (Wildman–Crippen MR) is 80.2 cm³/mol. The first-order valence-corrected chi connectivity index (χ1v) is 6.75. The third-order valence-corrected chi connectivity index (χ3v) is 3.17. The molecular weight excluding hydrogens is 268 g/mol. The molecule has 2 amide bonds. The average molecular weight is 286 g/mol. The second kappa shape index (κ2) is 6.74. The third-order valence-electron chi connectivity index (χ3n) is 3.17. The van der Waals surface area contributed by atoms with Gasteiger partial charge in [0, 0.05) is 24.7 Å². The molecule has 0 atom stereocenters. The van der Waals surface area contributed by atoms with Crippen LogP contribution in [0.25, 0.3) is 0 Å². The standard InChI is InChI=1S/C16H18N2O3/c1-11-8-9-21-15(11)16(20)18-13-5-3-4-12(10-13)6-7-14(19)17-2/h3-5,8-10H,6-7H2,1-2H3,(H,17,19)(H,18,20). The molecule has 0 saturated carbocycles. The lowest BCUT2D eigenvalue weighted by Crippen LogP contribution is -2.18. The van der Waals surface area contributed by atoms with Crippen LogP contribution in [0.15, 0.2) is 41.0 Å². The van der Waals surface area contributed by atoms with Crippen LogP contribution in [-0.2, 0) is 11.2 Å². The Hall–Kier alpha value is -2.56. The molecule has 0 unspecified atom stereocenters. The number of rotatable bonds is 5. The highest BCUT2D eigenvalue weighted by atomic mass is 16.3. The Balaban J connectivity index is 2.02. The number of benzene rings is 1. The summed E-state index contributed by atoms with van der Waals surface area (Å²) in [5.41, 5.74) is 2.47. The van der Waals surface area contributed by atoms with Crippen LogP contribution in [0.3, 0.4) is 0 Å². The maximum absolute atomic E-state index is 12.1. The minimum atomic E-state index is -0.277. The molecule has 0 saturated heterocycles. The van der Waals surface area contributed by atoms with Crippen molar-refractivity contribution in [3.63, 3.8) is 0 Å². The molecule has 2 aromatic rings. The van der Waals surface area contributed by atoms with Gasteiger partial charge in [-0.05, 0) is 37.1 Å². The van der Waals surface area contributed by atoms with E-state index in [1.807, 2.05) is 25.1 Å². The van der Waals surface area contributed by atoms with E-state index >= 15 is 0 Å². The van der Waals surface area contributed by atoms with Crippen LogP contribution in [0.4, 0.5) is 5.69 Å². The summed E-state index contributed by atoms with van der Waals surface area (Å²) in [5.74, 6) is 0.0300. The Kier molecular flexibility index (Phi) is 4.77. The summed E-state index contributed by atoms with van der Waals surface area (Å²) in [6.07, 6.45) is 2.54. The molecule has 110 valence electrons. The molecule has 5 nitrogen and oxygen atoms in total. The summed E-state index contributed by atoms with van der Waals surface area (Å²) in [4.78, 5) is 23.3. The fourth-order valence-electron chi connectivity index (χ4n) is 1.98. The monoisotopic (exact) mass is 286 g/mol. The van der Waals surface area contributed by atoms with E-state index < -0.39 is 0 Å². The van der Waals surface area contributed by atoms with Crippen molar-refractivity contribution >= 4 is 17.5 Å². The molecule has 0 fully saturated rings. The summed E-state index contributed by atoms with van der Waals surface area (Å²) in [6.45, 7) is 1.82. The molecule has 1 aromatic carbocycles. The van der Waals surface area contributed by atoms with Crippen molar-refractivity contribution in [3.8, 4) is 0 Å². The zero-order valence-corrected chi connectivity index (χ0v) is 12.1. The van der Waals surface area contributed by atoms with Crippen LogP contribution in [0.2, 0.25) is 0 Å². The minimum Gasteiger partial charge on any atom is -0.459 e. The molecule has 0 aliphatic carbocycles. The maximum atomic E-state index is 12.1. The van der Waals surface area contributed by atoms with Gasteiger partial charge in [-0.25, -0.2) is 0 Å². The van der Waals surface area contributed by atoms with E-state index in [-0.39, 0.29) is 11.8 Å². The molecule has 21 heavy (non-hydrogen) atoms. The Morgan fingerprint density at radius 1 is 1.24 bits per heavy atom. The van der Waals surface area contributed by atoms with Gasteiger partial charge in [0.15, 0.2) is 5.76 Å². The average Bonchev–Trinajstić information content (AvgIpc) is 2.91. The van der Waals surface area contributed by atoms with Gasteiger partial charge in [0.25, 0.3) is 5.91 Å². The normalized spacial score (nSPS) is 10.2. The predicted octanol–water partition coefficient (Wildman–Crippen LogP) is 2.52. The summed E-state index contributed by atoms with van der Waals surface area (Å²) >= 11 is 0. The van der Waals surface area contributed by atoms with Crippen LogP contribution in [-0.4, -0.2) is 18.9 Å². The quantitative estimate of drug-likeness (QED) is 0.887. The molecule has 1 heterocycles. The number of hydrogen-bond donors (Lipinski definition) is 2. The SMILES string of the molecule is CNC(=O)CCc1cccc(NC(=O)c2occc2C)c1. The molecule has 0 bridgehead atoms. The van der Waals surface area contributed by atoms with Gasteiger partial charge >= 0.3 is 0 Å². The number of anilines is 1. The van der Waals surface area contributed by atoms with Crippen molar-refractivity contribution in [2.45, 2.75) is 19.8 Å². The molecule has 2 rings (SSSR count). The second-order valence-corrected chi connectivity index (χ2v) is 4.76. The molecule has 1 aromatic heterocycles. The number of nitrogens with one attached hydrogen (secondary N) is 2. The Labute approximate surface area is 123 Å². The first-order chi connectivity index (χ1) is 10.1. The number of amides is 2. The number of carbonyl (C=O) groups excluding carboxylic acids is 2. The number of carbonyl (C=O) groups is 2. The lowest BCUT2D eigenvalue weighted by Gasteiger charge is -2.07. The van der Waals surface area contributed by atoms with Gasteiger partial charge in [0.05, 0.1) is 6.26 Å². The van der Waals surface area contributed by atoms with Gasteiger partial charge in [-0.15, -0.1) is 0 Å². The minimum absolute atomic E-state index is 0.00403. The van der Waals surface area contributed by atoms with E-state index in [1.165, 1.54) is 6.26 Å². The summed E-state index contributed by atoms with van der Waals surface area (Å²) in [7, 11) is 1.62. The highest BCUT2D eigenvalue weighted by molar-refractivity contribution is 6.03. The van der Waals surface area contributed by atoms with Gasteiger partial charge in [0.2, 0.25) is 5.91 Å². The lowest BCUT2D eigenvalue weighted by atomic mass is 10.1. The van der Waals surface area contributed by atoms with E-state index in [1.54, 1.807) is 19.2 Å². The molecule has 0 aliphatic heterocycles. The molecule has 0 spiro atoms. The van der Waals surface area contributed by atoms with Crippen molar-refractivity contribution in [1.29, 1.82) is 0 Å². The van der Waals surface area contributed by atoms with Gasteiger partial charge < -0.3 is 15.1 Å². The topological polar surface area (TPSA) is 71.3 Å². The van der Waals surface area contributed by atoms with Crippen molar-refractivity contribution in [2.24, 2.45) is 0 Å². The van der Waals surface area contributed by atoms with Crippen LogP contribution in [0, 0.1) is 6.92 Å². The van der Waals surface area contributed by atoms with Gasteiger partial charge in [-0.1, -0.05) is 12.1 Å². The van der Waals surface area contributed by atoms with Crippen LogP contribution < -0.4 is 10.6 Å². The highest BCUT2D eigenvalue weighted by Crippen LogP contribution is 2.15. The smallest absolute Gasteiger partial charge is 0.291 e. The number of aryl methyl sites for hydroxylation is 2. The first kappa shape index (κ1) is 14.8. The van der Waals surface area contributed by atoms with E-state index in [0.717, 1.165) is 11.1 Å². The molecule has 5 heteroatoms. The van der Waals surface area contributed by atoms with E-state index in [4.69, 9.17) is 4.42 Å². The van der Waals surface area contributed by atoms with E-state index in [0.29, 0.717) is 24.3 Å². The van der Waals surface area contributed by atoms with Crippen LogP contribution in [0.5, 0.6) is 0 Å². The van der Waals surface area contributed by atoms with Crippen molar-refractivity contribution in [2.75, 3.05) is 12.4 Å². The van der Waals surface area contributed by atoms with Crippen molar-refractivity contribution in [3.05, 3.63) is 53.5 Å². The largest absolute Gasteiger partial charge is 0.459 e. The summed E-state index contributed by atoms with van der Waals surface area (Å²) in [6, 6.07) is 9.19. The molecule has 2 N–H and O–H groups in total. The molecular formula is C16H18N2O3. The first-order valence-electron chi connectivity index (χ1n) is 6.75. The molecule has 0 aliphatic rings. The van der Waals surface area contributed by atoms with Gasteiger partial charge in [0.1, 0.15) is 0 Å². The summed E-state index contributed by atoms with van der Waals surface area (Å²) in [5, 5.41) is 5.38. The highest BCUT2D eigenvalue weighted by Gasteiger charge is 2.12. The van der Waals surface area contributed by atoms with Crippen molar-refractivity contribution < 1.29 is 14.0 Å². The number of hydrogen-bond acceptors (Lipinski definition) is 3. The maximum Gasteiger partial charge on any atom is 0.291 e. The number of furan rings is 1. The second-order valence-electron chi connectivity index (χ2n) is 4.76. The van der Waals surface area contributed by atoms with Gasteiger partial charge in [-0.2, -0.15) is 0 Å². The Morgan fingerprint density at radius 2 is 2.05 bits per heavy atom. The van der Waals surface area contributed by atoms with Crippen LogP contribution >= 0.6 is 0 Å². The van der Waals surface area contributed by atoms with E-state index in [9.17, 15) is 9.59 Å². The third kappa shape index (κ3) is 3.95.